The first-order valence-electron chi connectivity index (χ1n) is 9.28. The zero-order valence-electron chi connectivity index (χ0n) is 15.6. The highest BCUT2D eigenvalue weighted by Gasteiger charge is 2.38. The molecule has 8 nitrogen and oxygen atoms in total. The molecule has 4 aromatic rings. The van der Waals surface area contributed by atoms with Crippen molar-refractivity contribution in [3.05, 3.63) is 71.7 Å². The molecule has 0 spiro atoms. The van der Waals surface area contributed by atoms with Gasteiger partial charge in [-0.1, -0.05) is 6.07 Å². The summed E-state index contributed by atoms with van der Waals surface area (Å²) in [5.41, 5.74) is 2.51. The highest BCUT2D eigenvalue weighted by Crippen LogP contribution is 2.34. The second kappa shape index (κ2) is 7.26. The van der Waals surface area contributed by atoms with Crippen LogP contribution in [-0.4, -0.2) is 42.7 Å². The van der Waals surface area contributed by atoms with Crippen LogP contribution in [0.3, 0.4) is 0 Å². The third-order valence-electron chi connectivity index (χ3n) is 5.09. The molecule has 1 aliphatic heterocycles. The summed E-state index contributed by atoms with van der Waals surface area (Å²) in [7, 11) is 0. The maximum Gasteiger partial charge on any atom is 0.436 e. The summed E-state index contributed by atoms with van der Waals surface area (Å²) < 4.78 is 51.1. The van der Waals surface area contributed by atoms with Gasteiger partial charge in [0.1, 0.15) is 19.4 Å². The summed E-state index contributed by atoms with van der Waals surface area (Å²) in [5.74, 6) is -0.343. The number of halogens is 3. The summed E-state index contributed by atoms with van der Waals surface area (Å²) in [5, 5.41) is 4.66. The van der Waals surface area contributed by atoms with Crippen LogP contribution in [0.5, 0.6) is 0 Å². The van der Waals surface area contributed by atoms with Crippen molar-refractivity contribution in [1.82, 2.24) is 29.5 Å². The van der Waals surface area contributed by atoms with Gasteiger partial charge in [0.2, 0.25) is 0 Å². The zero-order valence-corrected chi connectivity index (χ0v) is 15.6. The fraction of sp³-hybridized carbons (Fsp3) is 0.316. The average Bonchev–Trinajstić information content (AvgIpc) is 3.45. The van der Waals surface area contributed by atoms with Gasteiger partial charge in [0.15, 0.2) is 17.8 Å². The molecule has 0 saturated heterocycles. The molecule has 0 fully saturated rings. The number of rotatable bonds is 5. The third kappa shape index (κ3) is 3.35. The van der Waals surface area contributed by atoms with E-state index in [9.17, 15) is 13.2 Å². The predicted octanol–water partition coefficient (Wildman–Crippen LogP) is 3.19. The predicted molar refractivity (Wildman–Crippen MR) is 97.2 cm³/mol. The van der Waals surface area contributed by atoms with Crippen molar-refractivity contribution < 1.29 is 22.3 Å². The number of ether oxygens (including phenoxy) is 1. The van der Waals surface area contributed by atoms with E-state index >= 15 is 0 Å². The Balaban J connectivity index is 1.38. The van der Waals surface area contributed by atoms with Crippen molar-refractivity contribution in [1.29, 1.82) is 0 Å². The van der Waals surface area contributed by atoms with Gasteiger partial charge in [0, 0.05) is 24.9 Å². The van der Waals surface area contributed by atoms with Crippen LogP contribution in [-0.2, 0) is 23.9 Å². The first-order valence-corrected chi connectivity index (χ1v) is 9.28. The number of oxazole rings is 1. The van der Waals surface area contributed by atoms with Crippen LogP contribution >= 0.6 is 0 Å². The van der Waals surface area contributed by atoms with E-state index in [0.29, 0.717) is 6.54 Å². The Labute approximate surface area is 168 Å². The number of fused-ring (bicyclic) bond motifs is 2. The Hall–Kier alpha value is -3.18. The Morgan fingerprint density at radius 1 is 1.27 bits per heavy atom. The van der Waals surface area contributed by atoms with Gasteiger partial charge in [-0.3, -0.25) is 4.90 Å². The molecule has 0 aliphatic carbocycles. The summed E-state index contributed by atoms with van der Waals surface area (Å²) in [6.45, 7) is 0.385. The molecule has 30 heavy (non-hydrogen) atoms. The molecule has 156 valence electrons. The summed E-state index contributed by atoms with van der Waals surface area (Å²) in [4.78, 5) is 12.9. The van der Waals surface area contributed by atoms with E-state index in [1.807, 2.05) is 35.4 Å². The van der Waals surface area contributed by atoms with Crippen LogP contribution in [0.4, 0.5) is 13.2 Å². The van der Waals surface area contributed by atoms with E-state index < -0.39 is 11.9 Å². The van der Waals surface area contributed by atoms with Crippen molar-refractivity contribution in [2.75, 3.05) is 13.3 Å². The lowest BCUT2D eigenvalue weighted by Crippen LogP contribution is -2.38. The third-order valence-corrected chi connectivity index (χ3v) is 5.09. The van der Waals surface area contributed by atoms with E-state index in [0.717, 1.165) is 35.4 Å². The standard InChI is InChI=1S/C19H17F3N6O2/c20-19(21,22)18-15(30-10-25-18)8-29-11-27-6-4-13-16(24-9-23-13)17(27)14-7-12-3-1-2-5-28(12)26-14/h1-3,5,7,9-10,17H,4,6,8,11H2,(H,23,24)/t17-/m0/s1. The SMILES string of the molecule is FC(F)(F)c1ncoc1COCN1CCc2[nH]cnc2[C@@H]1c1cc2ccccn2n1. The van der Waals surface area contributed by atoms with E-state index in [1.54, 1.807) is 10.8 Å². The Morgan fingerprint density at radius 3 is 3.00 bits per heavy atom. The van der Waals surface area contributed by atoms with Gasteiger partial charge in [0.25, 0.3) is 0 Å². The van der Waals surface area contributed by atoms with E-state index in [4.69, 9.17) is 9.15 Å². The number of hydrogen-bond acceptors (Lipinski definition) is 6. The topological polar surface area (TPSA) is 84.5 Å². The molecule has 0 unspecified atom stereocenters. The van der Waals surface area contributed by atoms with Gasteiger partial charge >= 0.3 is 6.18 Å². The lowest BCUT2D eigenvalue weighted by molar-refractivity contribution is -0.143. The average molecular weight is 418 g/mol. The second-order valence-electron chi connectivity index (χ2n) is 6.97. The van der Waals surface area contributed by atoms with Gasteiger partial charge in [-0.15, -0.1) is 0 Å². The number of nitrogens with zero attached hydrogens (tertiary/aromatic N) is 5. The molecule has 4 aromatic heterocycles. The van der Waals surface area contributed by atoms with Crippen LogP contribution in [0, 0.1) is 0 Å². The highest BCUT2D eigenvalue weighted by atomic mass is 19.4. The quantitative estimate of drug-likeness (QED) is 0.536. The maximum absolute atomic E-state index is 13.0. The number of hydrogen-bond donors (Lipinski definition) is 1. The van der Waals surface area contributed by atoms with Crippen LogP contribution in [0.25, 0.3) is 5.52 Å². The fourth-order valence-corrected chi connectivity index (χ4v) is 3.74. The molecule has 1 aliphatic rings. The van der Waals surface area contributed by atoms with Crippen molar-refractivity contribution in [2.45, 2.75) is 25.2 Å². The molecule has 1 atom stereocenters. The van der Waals surface area contributed by atoms with Crippen LogP contribution < -0.4 is 0 Å². The lowest BCUT2D eigenvalue weighted by atomic mass is 10.0. The normalized spacial score (nSPS) is 17.5. The zero-order chi connectivity index (χ0) is 20.7. The molecule has 1 N–H and O–H groups in total. The molecule has 0 aromatic carbocycles. The van der Waals surface area contributed by atoms with Crippen LogP contribution in [0.2, 0.25) is 0 Å². The molecular formula is C19H17F3N6O2. The van der Waals surface area contributed by atoms with Crippen LogP contribution in [0.1, 0.15) is 34.6 Å². The Kier molecular flexibility index (Phi) is 4.55. The molecular weight excluding hydrogens is 401 g/mol. The minimum atomic E-state index is -4.58. The van der Waals surface area contributed by atoms with Gasteiger partial charge in [-0.2, -0.15) is 18.3 Å². The maximum atomic E-state index is 13.0. The smallest absolute Gasteiger partial charge is 0.436 e. The van der Waals surface area contributed by atoms with Gasteiger partial charge < -0.3 is 14.1 Å². The van der Waals surface area contributed by atoms with Gasteiger partial charge in [-0.05, 0) is 18.2 Å². The number of alkyl halides is 3. The monoisotopic (exact) mass is 418 g/mol. The number of nitrogens with one attached hydrogen (secondary N) is 1. The number of imidazole rings is 1. The number of aromatic amines is 1. The summed E-state index contributed by atoms with van der Waals surface area (Å²) in [6, 6.07) is 7.46. The molecule has 11 heteroatoms. The number of aromatic nitrogens is 5. The van der Waals surface area contributed by atoms with E-state index in [-0.39, 0.29) is 25.1 Å². The van der Waals surface area contributed by atoms with Gasteiger partial charge in [0.05, 0.1) is 23.2 Å². The molecule has 0 radical (unpaired) electrons. The fourth-order valence-electron chi connectivity index (χ4n) is 3.74. The Morgan fingerprint density at radius 2 is 2.17 bits per heavy atom. The van der Waals surface area contributed by atoms with Crippen molar-refractivity contribution in [3.63, 3.8) is 0 Å². The molecule has 0 bridgehead atoms. The first kappa shape index (κ1) is 18.8. The minimum Gasteiger partial charge on any atom is -0.445 e. The lowest BCUT2D eigenvalue weighted by Gasteiger charge is -2.33. The van der Waals surface area contributed by atoms with Crippen molar-refractivity contribution in [2.24, 2.45) is 0 Å². The molecule has 0 amide bonds. The summed E-state index contributed by atoms with van der Waals surface area (Å²) in [6.07, 6.45) is 0.412. The molecule has 5 rings (SSSR count). The highest BCUT2D eigenvalue weighted by molar-refractivity contribution is 5.49. The number of H-pyrrole nitrogens is 1. The molecule has 0 saturated carbocycles. The number of pyridine rings is 1. The Bertz CT molecular complexity index is 1130. The van der Waals surface area contributed by atoms with Crippen molar-refractivity contribution >= 4 is 5.52 Å². The van der Waals surface area contributed by atoms with Crippen molar-refractivity contribution in [3.8, 4) is 0 Å². The van der Waals surface area contributed by atoms with Crippen LogP contribution in [0.15, 0.2) is 47.6 Å². The van der Waals surface area contributed by atoms with E-state index in [2.05, 4.69) is 20.1 Å². The second-order valence-corrected chi connectivity index (χ2v) is 6.97. The molecule has 5 heterocycles. The largest absolute Gasteiger partial charge is 0.445 e. The summed E-state index contributed by atoms with van der Waals surface area (Å²) >= 11 is 0. The first-order chi connectivity index (χ1) is 14.5. The minimum absolute atomic E-state index is 0.0861. The van der Waals surface area contributed by atoms with Gasteiger partial charge in [-0.25, -0.2) is 14.5 Å². The van der Waals surface area contributed by atoms with E-state index in [1.165, 1.54) is 0 Å².